The second-order valence-corrected chi connectivity index (χ2v) is 9.48. The summed E-state index contributed by atoms with van der Waals surface area (Å²) in [4.78, 5) is 23.1. The fraction of sp³-hybridized carbons (Fsp3) is 0.810. The molecule has 0 amide bonds. The van der Waals surface area contributed by atoms with Gasteiger partial charge < -0.3 is 15.0 Å². The molecule has 4 heteroatoms. The SMILES string of the molecule is C[C@]12C[C@H](O)[C@H]3[C@@H](CCC4=CC(=O)CC[C@@]43C)[C@@H]1CC[C@@H]2[C@H](O)C=O. The third-order valence-electron chi connectivity index (χ3n) is 8.52. The van der Waals surface area contributed by atoms with Gasteiger partial charge in [0.05, 0.1) is 6.10 Å². The maximum absolute atomic E-state index is 11.9. The number of rotatable bonds is 2. The number of allylic oxidation sites excluding steroid dienone is 1. The van der Waals surface area contributed by atoms with Crippen molar-refractivity contribution in [2.75, 3.05) is 0 Å². The summed E-state index contributed by atoms with van der Waals surface area (Å²) in [7, 11) is 0. The van der Waals surface area contributed by atoms with Crippen molar-refractivity contribution in [3.8, 4) is 0 Å². The minimum atomic E-state index is -0.916. The Morgan fingerprint density at radius 2 is 2.00 bits per heavy atom. The summed E-state index contributed by atoms with van der Waals surface area (Å²) in [6, 6.07) is 0. The van der Waals surface area contributed by atoms with E-state index in [2.05, 4.69) is 13.8 Å². The maximum Gasteiger partial charge on any atom is 0.155 e. The molecule has 3 saturated carbocycles. The summed E-state index contributed by atoms with van der Waals surface area (Å²) in [6.45, 7) is 4.43. The van der Waals surface area contributed by atoms with Crippen LogP contribution in [0.25, 0.3) is 0 Å². The lowest BCUT2D eigenvalue weighted by atomic mass is 9.46. The molecule has 0 spiro atoms. The number of fused-ring (bicyclic) bond motifs is 5. The van der Waals surface area contributed by atoms with Gasteiger partial charge in [-0.05, 0) is 79.1 Å². The predicted molar refractivity (Wildman–Crippen MR) is 93.7 cm³/mol. The van der Waals surface area contributed by atoms with Crippen molar-refractivity contribution in [1.29, 1.82) is 0 Å². The fourth-order valence-corrected chi connectivity index (χ4v) is 7.38. The summed E-state index contributed by atoms with van der Waals surface area (Å²) >= 11 is 0. The highest BCUT2D eigenvalue weighted by atomic mass is 16.3. The van der Waals surface area contributed by atoms with E-state index in [1.165, 1.54) is 5.57 Å². The van der Waals surface area contributed by atoms with Crippen molar-refractivity contribution in [2.24, 2.45) is 34.5 Å². The van der Waals surface area contributed by atoms with Crippen LogP contribution in [0, 0.1) is 34.5 Å². The Bertz CT molecular complexity index is 625. The molecule has 3 fully saturated rings. The van der Waals surface area contributed by atoms with Gasteiger partial charge >= 0.3 is 0 Å². The third-order valence-corrected chi connectivity index (χ3v) is 8.52. The smallest absolute Gasteiger partial charge is 0.155 e. The Kier molecular flexibility index (Phi) is 4.01. The highest BCUT2D eigenvalue weighted by Crippen LogP contribution is 2.66. The molecular formula is C21H30O4. The van der Waals surface area contributed by atoms with Crippen LogP contribution in [0.1, 0.15) is 58.8 Å². The molecule has 4 aliphatic carbocycles. The van der Waals surface area contributed by atoms with Crippen molar-refractivity contribution in [2.45, 2.75) is 71.0 Å². The van der Waals surface area contributed by atoms with Crippen molar-refractivity contribution >= 4 is 12.1 Å². The van der Waals surface area contributed by atoms with E-state index in [0.29, 0.717) is 31.0 Å². The van der Waals surface area contributed by atoms with Crippen LogP contribution in [0.4, 0.5) is 0 Å². The highest BCUT2D eigenvalue weighted by molar-refractivity contribution is 5.91. The lowest BCUT2D eigenvalue weighted by Crippen LogP contribution is -2.57. The molecule has 4 aliphatic rings. The molecule has 0 aromatic heterocycles. The summed E-state index contributed by atoms with van der Waals surface area (Å²) in [5.41, 5.74) is 1.01. The topological polar surface area (TPSA) is 74.6 Å². The van der Waals surface area contributed by atoms with E-state index in [9.17, 15) is 19.8 Å². The molecule has 138 valence electrons. The molecule has 0 radical (unpaired) electrons. The van der Waals surface area contributed by atoms with E-state index >= 15 is 0 Å². The second kappa shape index (κ2) is 5.75. The average molecular weight is 346 g/mol. The van der Waals surface area contributed by atoms with E-state index in [4.69, 9.17) is 0 Å². The first-order valence-corrected chi connectivity index (χ1v) is 9.86. The molecule has 2 N–H and O–H groups in total. The van der Waals surface area contributed by atoms with Gasteiger partial charge in [0.15, 0.2) is 5.78 Å². The Labute approximate surface area is 149 Å². The standard InChI is InChI=1S/C21H30O4/c1-20-8-7-13(23)9-12(20)3-4-14-15-5-6-16(18(25)11-22)21(15,2)10-17(24)19(14)20/h9,11,14-19,24-25H,3-8,10H2,1-2H3/t14-,15-,16+,17-,18+,19+,20-,21-/m0/s1. The molecule has 4 nitrogen and oxygen atoms in total. The molecule has 0 bridgehead atoms. The quantitative estimate of drug-likeness (QED) is 0.754. The van der Waals surface area contributed by atoms with Crippen LogP contribution in [-0.2, 0) is 9.59 Å². The van der Waals surface area contributed by atoms with Crippen LogP contribution in [0.15, 0.2) is 11.6 Å². The number of hydrogen-bond donors (Lipinski definition) is 2. The van der Waals surface area contributed by atoms with Gasteiger partial charge in [-0.15, -0.1) is 0 Å². The number of carbonyl (C=O) groups excluding carboxylic acids is 2. The van der Waals surface area contributed by atoms with E-state index in [0.717, 1.165) is 32.1 Å². The van der Waals surface area contributed by atoms with Crippen molar-refractivity contribution < 1.29 is 19.8 Å². The molecule has 4 rings (SSSR count). The normalized spacial score (nSPS) is 50.3. The number of aliphatic hydroxyl groups is 2. The van der Waals surface area contributed by atoms with Crippen LogP contribution in [-0.4, -0.2) is 34.5 Å². The van der Waals surface area contributed by atoms with Crippen LogP contribution >= 0.6 is 0 Å². The molecule has 8 atom stereocenters. The van der Waals surface area contributed by atoms with Crippen LogP contribution in [0.3, 0.4) is 0 Å². The zero-order valence-corrected chi connectivity index (χ0v) is 15.3. The number of aldehydes is 1. The molecule has 0 aromatic carbocycles. The van der Waals surface area contributed by atoms with E-state index in [-0.39, 0.29) is 28.4 Å². The van der Waals surface area contributed by atoms with Gasteiger partial charge in [0, 0.05) is 6.42 Å². The largest absolute Gasteiger partial charge is 0.393 e. The maximum atomic E-state index is 11.9. The van der Waals surface area contributed by atoms with Crippen molar-refractivity contribution in [1.82, 2.24) is 0 Å². The second-order valence-electron chi connectivity index (χ2n) is 9.48. The van der Waals surface area contributed by atoms with Gasteiger partial charge in [-0.25, -0.2) is 0 Å². The summed E-state index contributed by atoms with van der Waals surface area (Å²) in [6.07, 6.45) is 7.15. The molecular weight excluding hydrogens is 316 g/mol. The first-order valence-electron chi connectivity index (χ1n) is 9.86. The van der Waals surface area contributed by atoms with Gasteiger partial charge in [0.2, 0.25) is 0 Å². The van der Waals surface area contributed by atoms with Gasteiger partial charge in [0.25, 0.3) is 0 Å². The van der Waals surface area contributed by atoms with Crippen LogP contribution in [0.5, 0.6) is 0 Å². The number of aliphatic hydroxyl groups excluding tert-OH is 2. The van der Waals surface area contributed by atoms with Crippen LogP contribution < -0.4 is 0 Å². The number of ketones is 1. The highest BCUT2D eigenvalue weighted by Gasteiger charge is 2.62. The Morgan fingerprint density at radius 3 is 2.72 bits per heavy atom. The summed E-state index contributed by atoms with van der Waals surface area (Å²) in [5, 5.41) is 21.4. The Morgan fingerprint density at radius 1 is 1.24 bits per heavy atom. The Hall–Kier alpha value is -1.00. The molecule has 0 unspecified atom stereocenters. The Balaban J connectivity index is 1.70. The average Bonchev–Trinajstić information content (AvgIpc) is 2.91. The molecule has 0 saturated heterocycles. The first-order chi connectivity index (χ1) is 11.8. The number of hydrogen-bond acceptors (Lipinski definition) is 4. The lowest BCUT2D eigenvalue weighted by molar-refractivity contribution is -0.145. The molecule has 0 heterocycles. The van der Waals surface area contributed by atoms with Crippen LogP contribution in [0.2, 0.25) is 0 Å². The van der Waals surface area contributed by atoms with Crippen molar-refractivity contribution in [3.63, 3.8) is 0 Å². The summed E-state index contributed by atoms with van der Waals surface area (Å²) < 4.78 is 0. The monoisotopic (exact) mass is 346 g/mol. The van der Waals surface area contributed by atoms with Gasteiger partial charge in [-0.3, -0.25) is 4.79 Å². The zero-order valence-electron chi connectivity index (χ0n) is 15.3. The van der Waals surface area contributed by atoms with Gasteiger partial charge in [0.1, 0.15) is 12.4 Å². The third kappa shape index (κ3) is 2.33. The van der Waals surface area contributed by atoms with E-state index in [1.807, 2.05) is 6.08 Å². The van der Waals surface area contributed by atoms with E-state index < -0.39 is 12.2 Å². The zero-order chi connectivity index (χ0) is 18.0. The number of carbonyl (C=O) groups is 2. The lowest BCUT2D eigenvalue weighted by Gasteiger charge is -2.60. The molecule has 0 aromatic rings. The minimum Gasteiger partial charge on any atom is -0.393 e. The van der Waals surface area contributed by atoms with Crippen molar-refractivity contribution in [3.05, 3.63) is 11.6 Å². The van der Waals surface area contributed by atoms with Gasteiger partial charge in [-0.2, -0.15) is 0 Å². The van der Waals surface area contributed by atoms with E-state index in [1.54, 1.807) is 0 Å². The summed E-state index contributed by atoms with van der Waals surface area (Å²) in [5.74, 6) is 1.27. The first kappa shape index (κ1) is 17.4. The fourth-order valence-electron chi connectivity index (χ4n) is 7.38. The predicted octanol–water partition coefficient (Wildman–Crippen LogP) is 2.67. The minimum absolute atomic E-state index is 0.0386. The molecule has 25 heavy (non-hydrogen) atoms. The molecule has 0 aliphatic heterocycles. The van der Waals surface area contributed by atoms with Gasteiger partial charge in [-0.1, -0.05) is 19.4 Å².